The van der Waals surface area contributed by atoms with Crippen LogP contribution in [0.1, 0.15) is 24.2 Å². The van der Waals surface area contributed by atoms with Crippen molar-refractivity contribution in [1.29, 1.82) is 0 Å². The van der Waals surface area contributed by atoms with E-state index in [1.165, 1.54) is 12.8 Å². The Morgan fingerprint density at radius 1 is 1.19 bits per heavy atom. The second-order valence-corrected chi connectivity index (χ2v) is 4.70. The van der Waals surface area contributed by atoms with E-state index in [0.29, 0.717) is 6.04 Å². The van der Waals surface area contributed by atoms with Crippen LogP contribution in [0.15, 0.2) is 6.07 Å². The minimum Gasteiger partial charge on any atom is -0.351 e. The number of rotatable bonds is 2. The van der Waals surface area contributed by atoms with Gasteiger partial charge in [0.2, 0.25) is 5.95 Å². The highest BCUT2D eigenvalue weighted by molar-refractivity contribution is 5.29. The fraction of sp³-hybridized carbons (Fsp3) is 0.667. The van der Waals surface area contributed by atoms with Crippen molar-refractivity contribution in [2.24, 2.45) is 0 Å². The summed E-state index contributed by atoms with van der Waals surface area (Å²) in [5.41, 5.74) is 2.06. The van der Waals surface area contributed by atoms with Crippen LogP contribution in [0, 0.1) is 13.8 Å². The molecule has 0 amide bonds. The number of aromatic nitrogens is 2. The van der Waals surface area contributed by atoms with Crippen molar-refractivity contribution in [1.82, 2.24) is 14.9 Å². The van der Waals surface area contributed by atoms with Crippen LogP contribution in [0.25, 0.3) is 0 Å². The van der Waals surface area contributed by atoms with Gasteiger partial charge in [-0.05, 0) is 52.9 Å². The van der Waals surface area contributed by atoms with Crippen molar-refractivity contribution < 1.29 is 0 Å². The third-order valence-corrected chi connectivity index (χ3v) is 3.03. The Kier molecular flexibility index (Phi) is 3.39. The predicted octanol–water partition coefficient (Wildman–Crippen LogP) is 1.60. The Morgan fingerprint density at radius 2 is 1.75 bits per heavy atom. The highest BCUT2D eigenvalue weighted by Gasteiger charge is 2.17. The van der Waals surface area contributed by atoms with Crippen LogP contribution in [-0.4, -0.2) is 41.0 Å². The van der Waals surface area contributed by atoms with E-state index in [4.69, 9.17) is 0 Å². The summed E-state index contributed by atoms with van der Waals surface area (Å²) in [6.07, 6.45) is 2.35. The second kappa shape index (κ2) is 4.78. The minimum absolute atomic E-state index is 0.525. The van der Waals surface area contributed by atoms with Crippen molar-refractivity contribution in [3.63, 3.8) is 0 Å². The van der Waals surface area contributed by atoms with Gasteiger partial charge < -0.3 is 10.2 Å². The topological polar surface area (TPSA) is 41.1 Å². The van der Waals surface area contributed by atoms with Crippen molar-refractivity contribution in [3.05, 3.63) is 17.5 Å². The van der Waals surface area contributed by atoms with E-state index in [-0.39, 0.29) is 0 Å². The van der Waals surface area contributed by atoms with Crippen LogP contribution in [-0.2, 0) is 0 Å². The summed E-state index contributed by atoms with van der Waals surface area (Å²) in [4.78, 5) is 11.2. The lowest BCUT2D eigenvalue weighted by Crippen LogP contribution is -2.37. The number of nitrogens with zero attached hydrogens (tertiary/aromatic N) is 3. The molecule has 0 unspecified atom stereocenters. The first kappa shape index (κ1) is 11.3. The molecule has 0 radical (unpaired) electrons. The second-order valence-electron chi connectivity index (χ2n) is 4.70. The average molecular weight is 220 g/mol. The maximum atomic E-state index is 4.41. The molecule has 0 aliphatic carbocycles. The number of nitrogens with one attached hydrogen (secondary N) is 1. The SMILES string of the molecule is Cc1cc(C)nc(NC2CCN(C)CC2)n1. The van der Waals surface area contributed by atoms with Crippen LogP contribution in [0.3, 0.4) is 0 Å². The summed E-state index contributed by atoms with van der Waals surface area (Å²) < 4.78 is 0. The molecule has 0 atom stereocenters. The summed E-state index contributed by atoms with van der Waals surface area (Å²) in [7, 11) is 2.17. The molecule has 1 N–H and O–H groups in total. The predicted molar refractivity (Wildman–Crippen MR) is 65.6 cm³/mol. The molecule has 1 saturated heterocycles. The van der Waals surface area contributed by atoms with Crippen molar-refractivity contribution in [3.8, 4) is 0 Å². The van der Waals surface area contributed by atoms with E-state index in [1.807, 2.05) is 19.9 Å². The Balaban J connectivity index is 1.98. The van der Waals surface area contributed by atoms with E-state index < -0.39 is 0 Å². The standard InChI is InChI=1S/C12H20N4/c1-9-8-10(2)14-12(13-9)15-11-4-6-16(3)7-5-11/h8,11H,4-7H2,1-3H3,(H,13,14,15). The number of aryl methyl sites for hydroxylation is 2. The molecule has 0 aromatic carbocycles. The van der Waals surface area contributed by atoms with Gasteiger partial charge in [-0.25, -0.2) is 9.97 Å². The van der Waals surface area contributed by atoms with Crippen molar-refractivity contribution >= 4 is 5.95 Å². The fourth-order valence-electron chi connectivity index (χ4n) is 2.13. The quantitative estimate of drug-likeness (QED) is 0.822. The average Bonchev–Trinajstić information content (AvgIpc) is 2.20. The minimum atomic E-state index is 0.525. The summed E-state index contributed by atoms with van der Waals surface area (Å²) in [6, 6.07) is 2.53. The molecule has 0 spiro atoms. The number of hydrogen-bond acceptors (Lipinski definition) is 4. The molecule has 0 bridgehead atoms. The first-order chi connectivity index (χ1) is 7.63. The molecule has 88 valence electrons. The number of anilines is 1. The molecule has 1 aliphatic heterocycles. The first-order valence-corrected chi connectivity index (χ1v) is 5.91. The third kappa shape index (κ3) is 2.92. The van der Waals surface area contributed by atoms with Gasteiger partial charge >= 0.3 is 0 Å². The summed E-state index contributed by atoms with van der Waals surface area (Å²) in [6.45, 7) is 6.33. The van der Waals surface area contributed by atoms with E-state index in [2.05, 4.69) is 27.2 Å². The first-order valence-electron chi connectivity index (χ1n) is 5.91. The fourth-order valence-corrected chi connectivity index (χ4v) is 2.13. The molecule has 2 heterocycles. The molecule has 2 rings (SSSR count). The Bertz CT molecular complexity index is 336. The lowest BCUT2D eigenvalue weighted by atomic mass is 10.1. The van der Waals surface area contributed by atoms with Gasteiger partial charge in [0.15, 0.2) is 0 Å². The summed E-state index contributed by atoms with van der Waals surface area (Å²) >= 11 is 0. The maximum Gasteiger partial charge on any atom is 0.223 e. The normalized spacial score (nSPS) is 18.7. The van der Waals surface area contributed by atoms with Crippen LogP contribution < -0.4 is 5.32 Å². The lowest BCUT2D eigenvalue weighted by molar-refractivity contribution is 0.263. The number of piperidine rings is 1. The van der Waals surface area contributed by atoms with Gasteiger partial charge in [-0.2, -0.15) is 0 Å². The zero-order valence-corrected chi connectivity index (χ0v) is 10.3. The lowest BCUT2D eigenvalue weighted by Gasteiger charge is -2.29. The van der Waals surface area contributed by atoms with Crippen LogP contribution in [0.4, 0.5) is 5.95 Å². The molecule has 4 nitrogen and oxygen atoms in total. The molecular weight excluding hydrogens is 200 g/mol. The van der Waals surface area contributed by atoms with E-state index in [1.54, 1.807) is 0 Å². The summed E-state index contributed by atoms with van der Waals surface area (Å²) in [5, 5.41) is 3.43. The Labute approximate surface area is 97.1 Å². The van der Waals surface area contributed by atoms with Gasteiger partial charge in [-0.15, -0.1) is 0 Å². The van der Waals surface area contributed by atoms with E-state index in [0.717, 1.165) is 30.4 Å². The molecule has 0 saturated carbocycles. The zero-order valence-electron chi connectivity index (χ0n) is 10.3. The molecule has 1 aromatic rings. The smallest absolute Gasteiger partial charge is 0.223 e. The molecule has 1 aliphatic rings. The van der Waals surface area contributed by atoms with Gasteiger partial charge in [0, 0.05) is 17.4 Å². The van der Waals surface area contributed by atoms with Crippen LogP contribution in [0.2, 0.25) is 0 Å². The molecule has 1 aromatic heterocycles. The molecular formula is C12H20N4. The number of likely N-dealkylation sites (tertiary alicyclic amines) is 1. The van der Waals surface area contributed by atoms with Gasteiger partial charge in [0.05, 0.1) is 0 Å². The maximum absolute atomic E-state index is 4.41. The van der Waals surface area contributed by atoms with Gasteiger partial charge in [0.1, 0.15) is 0 Å². The van der Waals surface area contributed by atoms with Gasteiger partial charge in [-0.1, -0.05) is 0 Å². The highest BCUT2D eigenvalue weighted by atomic mass is 15.2. The van der Waals surface area contributed by atoms with Crippen LogP contribution >= 0.6 is 0 Å². The van der Waals surface area contributed by atoms with Crippen LogP contribution in [0.5, 0.6) is 0 Å². The van der Waals surface area contributed by atoms with Gasteiger partial charge in [-0.3, -0.25) is 0 Å². The van der Waals surface area contributed by atoms with Crippen molar-refractivity contribution in [2.45, 2.75) is 32.7 Å². The van der Waals surface area contributed by atoms with E-state index >= 15 is 0 Å². The Morgan fingerprint density at radius 3 is 2.31 bits per heavy atom. The molecule has 4 heteroatoms. The monoisotopic (exact) mass is 220 g/mol. The molecule has 16 heavy (non-hydrogen) atoms. The van der Waals surface area contributed by atoms with Crippen molar-refractivity contribution in [2.75, 3.05) is 25.5 Å². The van der Waals surface area contributed by atoms with Gasteiger partial charge in [0.25, 0.3) is 0 Å². The zero-order chi connectivity index (χ0) is 11.5. The third-order valence-electron chi connectivity index (χ3n) is 3.03. The summed E-state index contributed by atoms with van der Waals surface area (Å²) in [5.74, 6) is 0.784. The Hall–Kier alpha value is -1.16. The highest BCUT2D eigenvalue weighted by Crippen LogP contribution is 2.13. The molecule has 1 fully saturated rings. The van der Waals surface area contributed by atoms with E-state index in [9.17, 15) is 0 Å². The largest absolute Gasteiger partial charge is 0.351 e. The number of hydrogen-bond donors (Lipinski definition) is 1.